The average molecular weight is 597 g/mol. The molecule has 1 aromatic carbocycles. The van der Waals surface area contributed by atoms with Crippen molar-refractivity contribution in [1.29, 1.82) is 0 Å². The molecule has 1 aromatic rings. The fourth-order valence-corrected chi connectivity index (χ4v) is 9.26. The molecule has 4 aliphatic carbocycles. The van der Waals surface area contributed by atoms with E-state index in [4.69, 9.17) is 4.74 Å². The highest BCUT2D eigenvalue weighted by atomic mass is 16.6. The number of nitro groups is 1. The highest BCUT2D eigenvalue weighted by molar-refractivity contribution is 5.76. The topological polar surface area (TPSA) is 88.0 Å². The van der Waals surface area contributed by atoms with E-state index < -0.39 is 4.92 Å². The van der Waals surface area contributed by atoms with Gasteiger partial charge in [0.25, 0.3) is 0 Å². The van der Waals surface area contributed by atoms with Crippen LogP contribution in [0.3, 0.4) is 0 Å². The monoisotopic (exact) mass is 596 g/mol. The van der Waals surface area contributed by atoms with E-state index in [-0.39, 0.29) is 5.69 Å². The van der Waals surface area contributed by atoms with Gasteiger partial charge in [0.05, 0.1) is 12.0 Å². The molecule has 43 heavy (non-hydrogen) atoms. The summed E-state index contributed by atoms with van der Waals surface area (Å²) >= 11 is 0. The number of anilines is 1. The summed E-state index contributed by atoms with van der Waals surface area (Å²) in [7, 11) is 1.48. The van der Waals surface area contributed by atoms with Crippen molar-refractivity contribution in [1.82, 2.24) is 10.2 Å². The number of piperazine rings is 1. The Morgan fingerprint density at radius 2 is 1.44 bits per heavy atom. The molecule has 1 saturated heterocycles. The summed E-state index contributed by atoms with van der Waals surface area (Å²) < 4.78 is 5.23. The first kappa shape index (κ1) is 32.1. The fourth-order valence-electron chi connectivity index (χ4n) is 9.26. The number of nitrogens with one attached hydrogen (secondary N) is 1. The smallest absolute Gasteiger partial charge is 0.311 e. The normalized spacial score (nSPS) is 26.5. The van der Waals surface area contributed by atoms with Crippen LogP contribution in [0, 0.1) is 33.3 Å². The maximum atomic E-state index is 12.7. The van der Waals surface area contributed by atoms with Crippen LogP contribution in [0.5, 0.6) is 5.75 Å². The third-order valence-electron chi connectivity index (χ3n) is 11.0. The first-order valence-corrected chi connectivity index (χ1v) is 17.5. The van der Waals surface area contributed by atoms with Crippen LogP contribution in [0.25, 0.3) is 0 Å². The van der Waals surface area contributed by atoms with Crippen molar-refractivity contribution >= 4 is 17.3 Å². The molecule has 1 N–H and O–H groups in total. The van der Waals surface area contributed by atoms with Crippen LogP contribution in [0.4, 0.5) is 11.4 Å². The number of carbonyl (C=O) groups excluding carboxylic acids is 1. The largest absolute Gasteiger partial charge is 0.490 e. The molecule has 0 atom stereocenters. The molecule has 0 unspecified atom stereocenters. The minimum atomic E-state index is -0.395. The van der Waals surface area contributed by atoms with Crippen molar-refractivity contribution in [2.24, 2.45) is 23.2 Å². The van der Waals surface area contributed by atoms with Gasteiger partial charge in [-0.2, -0.15) is 0 Å². The molecule has 6 rings (SSSR count). The predicted octanol–water partition coefficient (Wildman–Crippen LogP) is 7.35. The lowest BCUT2D eigenvalue weighted by atomic mass is 9.49. The van der Waals surface area contributed by atoms with Gasteiger partial charge in [0.15, 0.2) is 5.75 Å². The quantitative estimate of drug-likeness (QED) is 0.108. The van der Waals surface area contributed by atoms with Crippen molar-refractivity contribution in [2.75, 3.05) is 51.3 Å². The Bertz CT molecular complexity index is 1020. The molecule has 8 heteroatoms. The lowest BCUT2D eigenvalue weighted by Crippen LogP contribution is -2.48. The van der Waals surface area contributed by atoms with Gasteiger partial charge in [0, 0.05) is 57.0 Å². The zero-order valence-corrected chi connectivity index (χ0v) is 26.7. The Hall–Kier alpha value is -2.35. The number of hydrogen-bond acceptors (Lipinski definition) is 6. The zero-order valence-electron chi connectivity index (χ0n) is 26.7. The van der Waals surface area contributed by atoms with E-state index in [0.29, 0.717) is 17.1 Å². The molecular formula is C35H56N4O4. The van der Waals surface area contributed by atoms with E-state index in [0.717, 1.165) is 75.6 Å². The molecule has 1 aliphatic heterocycles. The minimum Gasteiger partial charge on any atom is -0.490 e. The van der Waals surface area contributed by atoms with Crippen LogP contribution in [0.1, 0.15) is 109 Å². The Morgan fingerprint density at radius 3 is 2.00 bits per heavy atom. The average Bonchev–Trinajstić information content (AvgIpc) is 2.98. The van der Waals surface area contributed by atoms with Crippen LogP contribution >= 0.6 is 0 Å². The number of ether oxygens (including phenoxy) is 1. The van der Waals surface area contributed by atoms with E-state index in [1.165, 1.54) is 103 Å². The maximum Gasteiger partial charge on any atom is 0.311 e. The number of nitrogens with zero attached hydrogens (tertiary/aromatic N) is 3. The summed E-state index contributed by atoms with van der Waals surface area (Å²) in [6, 6.07) is 5.17. The predicted molar refractivity (Wildman–Crippen MR) is 173 cm³/mol. The summed E-state index contributed by atoms with van der Waals surface area (Å²) in [6.45, 7) is 5.98. The van der Waals surface area contributed by atoms with Crippen LogP contribution < -0.4 is 15.0 Å². The van der Waals surface area contributed by atoms with Crippen LogP contribution in [0.15, 0.2) is 18.2 Å². The van der Waals surface area contributed by atoms with Gasteiger partial charge in [-0.15, -0.1) is 0 Å². The minimum absolute atomic E-state index is 0.0172. The third-order valence-corrected chi connectivity index (χ3v) is 11.0. The molecule has 8 nitrogen and oxygen atoms in total. The SMILES string of the molecule is COc1cc(N2CCN(CCCCCCCCCCCCNC(=O)CC34CC5CC(CC(C5)C3)C4)CC2)ccc1[N+](=O)[O-]. The highest BCUT2D eigenvalue weighted by Crippen LogP contribution is 2.61. The van der Waals surface area contributed by atoms with Gasteiger partial charge in [-0.05, 0) is 87.1 Å². The second-order valence-corrected chi connectivity index (χ2v) is 14.4. The molecule has 0 spiro atoms. The van der Waals surface area contributed by atoms with Crippen molar-refractivity contribution < 1.29 is 14.5 Å². The van der Waals surface area contributed by atoms with Gasteiger partial charge in [0.1, 0.15) is 0 Å². The number of nitro benzene ring substituents is 1. The second kappa shape index (κ2) is 15.6. The molecule has 1 amide bonds. The van der Waals surface area contributed by atoms with Gasteiger partial charge >= 0.3 is 5.69 Å². The zero-order chi connectivity index (χ0) is 30.1. The van der Waals surface area contributed by atoms with E-state index in [1.54, 1.807) is 12.1 Å². The number of amides is 1. The number of methoxy groups -OCH3 is 1. The van der Waals surface area contributed by atoms with Crippen molar-refractivity contribution in [3.8, 4) is 5.75 Å². The first-order chi connectivity index (χ1) is 20.9. The van der Waals surface area contributed by atoms with Crippen molar-refractivity contribution in [2.45, 2.75) is 109 Å². The van der Waals surface area contributed by atoms with E-state index in [9.17, 15) is 14.9 Å². The Kier molecular flexibility index (Phi) is 11.6. The van der Waals surface area contributed by atoms with Gasteiger partial charge in [-0.25, -0.2) is 0 Å². The molecule has 0 radical (unpaired) electrons. The number of benzene rings is 1. The first-order valence-electron chi connectivity index (χ1n) is 17.5. The van der Waals surface area contributed by atoms with E-state index >= 15 is 0 Å². The molecule has 5 aliphatic rings. The summed E-state index contributed by atoms with van der Waals surface area (Å²) in [4.78, 5) is 28.3. The molecule has 4 saturated carbocycles. The Morgan fingerprint density at radius 1 is 0.884 bits per heavy atom. The van der Waals surface area contributed by atoms with Crippen LogP contribution in [-0.4, -0.2) is 62.1 Å². The van der Waals surface area contributed by atoms with E-state index in [2.05, 4.69) is 15.1 Å². The lowest BCUT2D eigenvalue weighted by molar-refractivity contribution is -0.385. The van der Waals surface area contributed by atoms with Gasteiger partial charge < -0.3 is 15.0 Å². The summed E-state index contributed by atoms with van der Waals surface area (Å²) in [6.07, 6.45) is 22.1. The van der Waals surface area contributed by atoms with Gasteiger partial charge in [-0.3, -0.25) is 19.8 Å². The highest BCUT2D eigenvalue weighted by Gasteiger charge is 2.51. The van der Waals surface area contributed by atoms with Crippen molar-refractivity contribution in [3.05, 3.63) is 28.3 Å². The van der Waals surface area contributed by atoms with E-state index in [1.807, 2.05) is 6.07 Å². The number of hydrogen-bond donors (Lipinski definition) is 1. The fraction of sp³-hybridized carbons (Fsp3) is 0.800. The number of carbonyl (C=O) groups is 1. The summed E-state index contributed by atoms with van der Waals surface area (Å²) in [5, 5.41) is 14.4. The van der Waals surface area contributed by atoms with Crippen LogP contribution in [0.2, 0.25) is 0 Å². The number of unbranched alkanes of at least 4 members (excludes halogenated alkanes) is 9. The molecule has 0 aromatic heterocycles. The summed E-state index contributed by atoms with van der Waals surface area (Å²) in [5.41, 5.74) is 1.38. The third kappa shape index (κ3) is 9.09. The lowest BCUT2D eigenvalue weighted by Gasteiger charge is -2.56. The Balaban J connectivity index is 0.813. The van der Waals surface area contributed by atoms with Crippen molar-refractivity contribution in [3.63, 3.8) is 0 Å². The molecule has 4 bridgehead atoms. The molecule has 240 valence electrons. The molecule has 5 fully saturated rings. The van der Waals surface area contributed by atoms with Gasteiger partial charge in [-0.1, -0.05) is 51.4 Å². The second-order valence-electron chi connectivity index (χ2n) is 14.4. The van der Waals surface area contributed by atoms with Gasteiger partial charge in [0.2, 0.25) is 5.91 Å². The summed E-state index contributed by atoms with van der Waals surface area (Å²) in [5.74, 6) is 3.43. The Labute approximate surface area is 259 Å². The molecule has 1 heterocycles. The standard InChI is InChI=1S/C35H56N4O4/c1-43-33-23-31(12-13-32(33)39(41)42)38-18-16-37(17-19-38)15-11-9-7-5-3-2-4-6-8-10-14-36-34(40)27-35-24-28-20-29(25-35)22-30(21-28)26-35/h12-13,23,28-30H,2-11,14-22,24-27H2,1H3,(H,36,40). The number of rotatable bonds is 18. The van der Waals surface area contributed by atoms with Crippen LogP contribution in [-0.2, 0) is 4.79 Å². The molecular weight excluding hydrogens is 540 g/mol. The maximum absolute atomic E-state index is 12.7.